The first kappa shape index (κ1) is 13.1. The van der Waals surface area contributed by atoms with Crippen LogP contribution in [0.4, 0.5) is 0 Å². The third-order valence-corrected chi connectivity index (χ3v) is 5.47. The number of pyridine rings is 1. The van der Waals surface area contributed by atoms with E-state index in [1.54, 1.807) is 6.20 Å². The topological polar surface area (TPSA) is 12.9 Å². The lowest BCUT2D eigenvalue weighted by Gasteiger charge is -2.30. The van der Waals surface area contributed by atoms with E-state index in [2.05, 4.69) is 45.2 Å². The van der Waals surface area contributed by atoms with Crippen molar-refractivity contribution in [2.45, 2.75) is 24.1 Å². The molecule has 2 atom stereocenters. The second kappa shape index (κ2) is 5.64. The summed E-state index contributed by atoms with van der Waals surface area (Å²) in [6, 6.07) is 10.7. The summed E-state index contributed by atoms with van der Waals surface area (Å²) in [5.74, 6) is 0.592. The number of aromatic nitrogens is 1. The number of halogens is 2. The molecule has 98 valence electrons. The fourth-order valence-corrected chi connectivity index (χ4v) is 3.92. The molecule has 0 aliphatic heterocycles. The van der Waals surface area contributed by atoms with Gasteiger partial charge in [0.2, 0.25) is 0 Å². The average Bonchev–Trinajstić information content (AvgIpc) is 2.44. The van der Waals surface area contributed by atoms with Gasteiger partial charge in [0, 0.05) is 17.2 Å². The maximum absolute atomic E-state index is 6.21. The van der Waals surface area contributed by atoms with Crippen molar-refractivity contribution >= 4 is 27.5 Å². The third kappa shape index (κ3) is 2.70. The van der Waals surface area contributed by atoms with Gasteiger partial charge in [-0.3, -0.25) is 4.98 Å². The third-order valence-electron chi connectivity index (χ3n) is 3.89. The van der Waals surface area contributed by atoms with Crippen LogP contribution in [0.1, 0.15) is 27.9 Å². The van der Waals surface area contributed by atoms with Gasteiger partial charge >= 0.3 is 0 Å². The number of aryl methyl sites for hydroxylation is 1. The van der Waals surface area contributed by atoms with Gasteiger partial charge < -0.3 is 0 Å². The highest BCUT2D eigenvalue weighted by atomic mass is 79.9. The SMILES string of the molecule is Clc1cnccc1CC1CCc2ccccc2C1Br. The highest BCUT2D eigenvalue weighted by Crippen LogP contribution is 2.42. The number of nitrogens with zero attached hydrogens (tertiary/aromatic N) is 1. The van der Waals surface area contributed by atoms with Crippen molar-refractivity contribution in [1.29, 1.82) is 0 Å². The minimum atomic E-state index is 0.418. The van der Waals surface area contributed by atoms with Crippen LogP contribution in [0.15, 0.2) is 42.7 Å². The Morgan fingerprint density at radius 2 is 2.11 bits per heavy atom. The van der Waals surface area contributed by atoms with Crippen molar-refractivity contribution in [2.75, 3.05) is 0 Å². The molecule has 0 saturated carbocycles. The lowest BCUT2D eigenvalue weighted by molar-refractivity contribution is 0.452. The maximum Gasteiger partial charge on any atom is 0.0621 e. The predicted octanol–water partition coefficient (Wildman–Crippen LogP) is 4.98. The Labute approximate surface area is 127 Å². The molecule has 0 bridgehead atoms. The Morgan fingerprint density at radius 1 is 1.26 bits per heavy atom. The first-order valence-corrected chi connectivity index (χ1v) is 7.85. The van der Waals surface area contributed by atoms with Crippen LogP contribution in [0.25, 0.3) is 0 Å². The molecule has 3 heteroatoms. The molecule has 1 aliphatic rings. The highest BCUT2D eigenvalue weighted by Gasteiger charge is 2.27. The second-order valence-electron chi connectivity index (χ2n) is 5.07. The number of hydrogen-bond donors (Lipinski definition) is 0. The zero-order valence-electron chi connectivity index (χ0n) is 10.5. The first-order valence-electron chi connectivity index (χ1n) is 6.56. The van der Waals surface area contributed by atoms with Gasteiger partial charge in [0.15, 0.2) is 0 Å². The summed E-state index contributed by atoms with van der Waals surface area (Å²) >= 11 is 10.1. The molecule has 2 aromatic rings. The molecule has 1 nitrogen and oxygen atoms in total. The largest absolute Gasteiger partial charge is 0.263 e. The Hall–Kier alpha value is -0.860. The molecule has 0 radical (unpaired) electrons. The Balaban J connectivity index is 1.83. The fraction of sp³-hybridized carbons (Fsp3) is 0.312. The van der Waals surface area contributed by atoms with Gasteiger partial charge in [-0.2, -0.15) is 0 Å². The summed E-state index contributed by atoms with van der Waals surface area (Å²) in [6.07, 6.45) is 6.92. The summed E-state index contributed by atoms with van der Waals surface area (Å²) < 4.78 is 0. The zero-order chi connectivity index (χ0) is 13.2. The molecule has 0 spiro atoms. The van der Waals surface area contributed by atoms with Crippen LogP contribution in [0.2, 0.25) is 5.02 Å². The van der Waals surface area contributed by atoms with Gasteiger partial charge in [0.25, 0.3) is 0 Å². The van der Waals surface area contributed by atoms with E-state index in [1.165, 1.54) is 23.1 Å². The summed E-state index contributed by atoms with van der Waals surface area (Å²) in [4.78, 5) is 4.47. The molecular weight excluding hydrogens is 322 g/mol. The Kier molecular flexibility index (Phi) is 3.90. The normalized spacial score (nSPS) is 22.0. The standard InChI is InChI=1S/C16H15BrClN/c17-16-13(9-12-7-8-19-10-15(12)18)6-5-11-3-1-2-4-14(11)16/h1-4,7-8,10,13,16H,5-6,9H2. The van der Waals surface area contributed by atoms with E-state index in [9.17, 15) is 0 Å². The van der Waals surface area contributed by atoms with Gasteiger partial charge in [-0.1, -0.05) is 51.8 Å². The number of fused-ring (bicyclic) bond motifs is 1. The lowest BCUT2D eigenvalue weighted by Crippen LogP contribution is -2.19. The lowest BCUT2D eigenvalue weighted by atomic mass is 9.81. The summed E-state index contributed by atoms with van der Waals surface area (Å²) in [7, 11) is 0. The molecule has 1 aromatic heterocycles. The summed E-state index contributed by atoms with van der Waals surface area (Å²) in [5, 5.41) is 0.779. The smallest absolute Gasteiger partial charge is 0.0621 e. The van der Waals surface area contributed by atoms with Crippen molar-refractivity contribution in [3.8, 4) is 0 Å². The number of benzene rings is 1. The minimum absolute atomic E-state index is 0.418. The molecule has 0 fully saturated rings. The molecule has 1 aromatic carbocycles. The van der Waals surface area contributed by atoms with Crippen LogP contribution in [0, 0.1) is 5.92 Å². The predicted molar refractivity (Wildman–Crippen MR) is 82.9 cm³/mol. The number of alkyl halides is 1. The molecule has 0 amide bonds. The summed E-state index contributed by atoms with van der Waals surface area (Å²) in [6.45, 7) is 0. The van der Waals surface area contributed by atoms with E-state index in [4.69, 9.17) is 11.6 Å². The van der Waals surface area contributed by atoms with E-state index >= 15 is 0 Å². The monoisotopic (exact) mass is 335 g/mol. The van der Waals surface area contributed by atoms with Crippen LogP contribution in [-0.2, 0) is 12.8 Å². The Bertz CT molecular complexity index is 584. The van der Waals surface area contributed by atoms with Gasteiger partial charge in [0.05, 0.1) is 5.02 Å². The molecule has 1 aliphatic carbocycles. The van der Waals surface area contributed by atoms with Crippen LogP contribution in [0.3, 0.4) is 0 Å². The van der Waals surface area contributed by atoms with Crippen molar-refractivity contribution in [3.63, 3.8) is 0 Å². The van der Waals surface area contributed by atoms with Crippen LogP contribution in [-0.4, -0.2) is 4.98 Å². The van der Waals surface area contributed by atoms with Crippen molar-refractivity contribution in [3.05, 3.63) is 64.4 Å². The van der Waals surface area contributed by atoms with Crippen LogP contribution >= 0.6 is 27.5 Å². The number of rotatable bonds is 2. The van der Waals surface area contributed by atoms with Gasteiger partial charge in [0.1, 0.15) is 0 Å². The van der Waals surface area contributed by atoms with E-state index < -0.39 is 0 Å². The fourth-order valence-electron chi connectivity index (χ4n) is 2.83. The molecule has 0 N–H and O–H groups in total. The van der Waals surface area contributed by atoms with Crippen molar-refractivity contribution in [2.24, 2.45) is 5.92 Å². The number of hydrogen-bond acceptors (Lipinski definition) is 1. The summed E-state index contributed by atoms with van der Waals surface area (Å²) in [5.41, 5.74) is 4.11. The Morgan fingerprint density at radius 3 is 2.95 bits per heavy atom. The highest BCUT2D eigenvalue weighted by molar-refractivity contribution is 9.09. The maximum atomic E-state index is 6.21. The van der Waals surface area contributed by atoms with Crippen molar-refractivity contribution in [1.82, 2.24) is 4.98 Å². The van der Waals surface area contributed by atoms with Gasteiger partial charge in [-0.05, 0) is 47.9 Å². The van der Waals surface area contributed by atoms with Crippen LogP contribution < -0.4 is 0 Å². The van der Waals surface area contributed by atoms with Crippen molar-refractivity contribution < 1.29 is 0 Å². The van der Waals surface area contributed by atoms with E-state index in [0.717, 1.165) is 17.9 Å². The zero-order valence-corrected chi connectivity index (χ0v) is 12.9. The average molecular weight is 337 g/mol. The van der Waals surface area contributed by atoms with Crippen LogP contribution in [0.5, 0.6) is 0 Å². The molecule has 1 heterocycles. The van der Waals surface area contributed by atoms with E-state index in [-0.39, 0.29) is 0 Å². The first-order chi connectivity index (χ1) is 9.25. The minimum Gasteiger partial charge on any atom is -0.263 e. The van der Waals surface area contributed by atoms with E-state index in [1.807, 2.05) is 12.3 Å². The van der Waals surface area contributed by atoms with E-state index in [0.29, 0.717) is 10.7 Å². The molecular formula is C16H15BrClN. The van der Waals surface area contributed by atoms with Gasteiger partial charge in [-0.25, -0.2) is 0 Å². The quantitative estimate of drug-likeness (QED) is 0.705. The molecule has 0 saturated heterocycles. The molecule has 2 unspecified atom stereocenters. The molecule has 3 rings (SSSR count). The molecule has 19 heavy (non-hydrogen) atoms. The van der Waals surface area contributed by atoms with Gasteiger partial charge in [-0.15, -0.1) is 0 Å². The second-order valence-corrected chi connectivity index (χ2v) is 6.46.